The molecule has 2 aromatic carbocycles. The summed E-state index contributed by atoms with van der Waals surface area (Å²) in [6.45, 7) is 12.0. The quantitative estimate of drug-likeness (QED) is 0.159. The number of rotatable bonds is 3. The van der Waals surface area contributed by atoms with Gasteiger partial charge in [-0.2, -0.15) is 4.98 Å². The first kappa shape index (κ1) is 31.4. The molecule has 2 aliphatic rings. The first-order valence-corrected chi connectivity index (χ1v) is 16.6. The molecule has 45 heavy (non-hydrogen) atoms. The van der Waals surface area contributed by atoms with Crippen LogP contribution < -0.4 is 10.3 Å². The Morgan fingerprint density at radius 1 is 0.889 bits per heavy atom. The molecule has 240 valence electrons. The zero-order valence-corrected chi connectivity index (χ0v) is 28.4. The van der Waals surface area contributed by atoms with Crippen LogP contribution in [0.25, 0.3) is 27.7 Å². The summed E-state index contributed by atoms with van der Waals surface area (Å²) in [6.07, 6.45) is 4.43. The van der Waals surface area contributed by atoms with Crippen LogP contribution in [-0.2, 0) is 9.47 Å². The van der Waals surface area contributed by atoms with Crippen molar-refractivity contribution in [2.45, 2.75) is 103 Å². The zero-order chi connectivity index (χ0) is 32.3. The van der Waals surface area contributed by atoms with Crippen molar-refractivity contribution in [2.75, 3.05) is 13.1 Å². The summed E-state index contributed by atoms with van der Waals surface area (Å²) in [5, 5.41) is 0.494. The van der Waals surface area contributed by atoms with E-state index in [0.717, 1.165) is 47.8 Å². The van der Waals surface area contributed by atoms with Gasteiger partial charge in [-0.3, -0.25) is 9.20 Å². The maximum Gasteiger partial charge on any atom is 0.514 e. The molecule has 1 aliphatic carbocycles. The largest absolute Gasteiger partial charge is 0.514 e. The minimum absolute atomic E-state index is 0.0134. The molecule has 0 unspecified atom stereocenters. The Kier molecular flexibility index (Phi) is 8.12. The molecule has 6 rings (SSSR count). The molecule has 1 amide bonds. The van der Waals surface area contributed by atoms with Gasteiger partial charge in [0.2, 0.25) is 5.78 Å². The zero-order valence-electron chi connectivity index (χ0n) is 26.8. The van der Waals surface area contributed by atoms with E-state index in [1.807, 2.05) is 49.4 Å². The lowest BCUT2D eigenvalue weighted by Crippen LogP contribution is -2.41. The number of carbonyl (C=O) groups excluding carboxylic acids is 2. The van der Waals surface area contributed by atoms with Gasteiger partial charge in [0.05, 0.1) is 21.9 Å². The molecule has 1 aliphatic heterocycles. The molecule has 2 aromatic heterocycles. The van der Waals surface area contributed by atoms with Gasteiger partial charge in [0, 0.05) is 35.2 Å². The third-order valence-electron chi connectivity index (χ3n) is 8.53. The lowest BCUT2D eigenvalue weighted by molar-refractivity contribution is 0.0200. The number of amides is 1. The average Bonchev–Trinajstić information content (AvgIpc) is 3.56. The number of carbonyl (C=O) groups is 2. The smallest absolute Gasteiger partial charge is 0.444 e. The van der Waals surface area contributed by atoms with E-state index in [9.17, 15) is 14.4 Å². The molecule has 1 saturated carbocycles. The standard InChI is InChI=1S/C34H41BrN4O6/c1-33(2,3)44-31(41)37-16-14-20(15-17-37)22-18-25-26(19-27(22)43-32(42)45-34(4,5)6)39-24-13-9-12-23(35)28(24)29(40)36-30(39)38(25)21-10-7-8-11-21/h9,12-13,18-21H,7-8,10-11,14-17H2,1-6H3. The number of likely N-dealkylation sites (tertiary alicyclic amines) is 1. The molecule has 2 fully saturated rings. The summed E-state index contributed by atoms with van der Waals surface area (Å²) in [4.78, 5) is 45.6. The predicted molar refractivity (Wildman–Crippen MR) is 176 cm³/mol. The molecule has 1 saturated heterocycles. The molecule has 4 aromatic rings. The van der Waals surface area contributed by atoms with E-state index in [1.54, 1.807) is 25.7 Å². The van der Waals surface area contributed by atoms with Gasteiger partial charge in [-0.05, 0) is 107 Å². The summed E-state index contributed by atoms with van der Waals surface area (Å²) in [6, 6.07) is 9.84. The van der Waals surface area contributed by atoms with Gasteiger partial charge in [-0.15, -0.1) is 0 Å². The maximum absolute atomic E-state index is 13.4. The van der Waals surface area contributed by atoms with Crippen molar-refractivity contribution in [3.05, 3.63) is 50.7 Å². The van der Waals surface area contributed by atoms with Crippen LogP contribution in [0, 0.1) is 0 Å². The van der Waals surface area contributed by atoms with Crippen molar-refractivity contribution < 1.29 is 23.8 Å². The molecule has 0 bridgehead atoms. The third kappa shape index (κ3) is 6.28. The fourth-order valence-electron chi connectivity index (χ4n) is 6.66. The second-order valence-corrected chi connectivity index (χ2v) is 15.0. The van der Waals surface area contributed by atoms with Crippen molar-refractivity contribution in [2.24, 2.45) is 0 Å². The van der Waals surface area contributed by atoms with E-state index in [0.29, 0.717) is 47.3 Å². The Morgan fingerprint density at radius 3 is 2.20 bits per heavy atom. The molecule has 11 heteroatoms. The van der Waals surface area contributed by atoms with Crippen LogP contribution in [0.5, 0.6) is 5.75 Å². The third-order valence-corrected chi connectivity index (χ3v) is 9.19. The second-order valence-electron chi connectivity index (χ2n) is 14.2. The van der Waals surface area contributed by atoms with Gasteiger partial charge in [0.15, 0.2) is 0 Å². The van der Waals surface area contributed by atoms with Gasteiger partial charge in [-0.1, -0.05) is 18.9 Å². The van der Waals surface area contributed by atoms with Crippen LogP contribution in [0.3, 0.4) is 0 Å². The van der Waals surface area contributed by atoms with E-state index in [4.69, 9.17) is 14.2 Å². The number of aromatic nitrogens is 3. The highest BCUT2D eigenvalue weighted by Gasteiger charge is 2.32. The first-order chi connectivity index (χ1) is 21.2. The number of hydrogen-bond acceptors (Lipinski definition) is 7. The van der Waals surface area contributed by atoms with Crippen LogP contribution in [0.2, 0.25) is 0 Å². The van der Waals surface area contributed by atoms with Crippen molar-refractivity contribution >= 4 is 55.9 Å². The summed E-state index contributed by atoms with van der Waals surface area (Å²) in [5.41, 5.74) is 1.72. The van der Waals surface area contributed by atoms with Gasteiger partial charge in [0.25, 0.3) is 5.56 Å². The fraction of sp³-hybridized carbons (Fsp3) is 0.529. The van der Waals surface area contributed by atoms with Crippen molar-refractivity contribution in [3.63, 3.8) is 0 Å². The molecule has 0 spiro atoms. The minimum atomic E-state index is -0.786. The SMILES string of the molecule is CC(C)(C)OC(=O)Oc1cc2c(cc1C1CCN(C(=O)OC(C)(C)C)CC1)n(C1CCCC1)c1nc(=O)c3c(Br)cccc3n21. The molecule has 0 atom stereocenters. The fourth-order valence-corrected chi connectivity index (χ4v) is 7.18. The monoisotopic (exact) mass is 680 g/mol. The normalized spacial score (nSPS) is 17.0. The molecular weight excluding hydrogens is 640 g/mol. The van der Waals surface area contributed by atoms with E-state index >= 15 is 0 Å². The molecular formula is C34H41BrN4O6. The van der Waals surface area contributed by atoms with Gasteiger partial charge in [0.1, 0.15) is 17.0 Å². The lowest BCUT2D eigenvalue weighted by Gasteiger charge is -2.34. The van der Waals surface area contributed by atoms with Crippen LogP contribution in [0.4, 0.5) is 9.59 Å². The minimum Gasteiger partial charge on any atom is -0.444 e. The summed E-state index contributed by atoms with van der Waals surface area (Å²) in [5.74, 6) is 0.992. The Labute approximate surface area is 270 Å². The van der Waals surface area contributed by atoms with Crippen molar-refractivity contribution in [1.82, 2.24) is 18.9 Å². The number of imidazole rings is 1. The lowest BCUT2D eigenvalue weighted by atomic mass is 9.88. The molecule has 3 heterocycles. The maximum atomic E-state index is 13.4. The highest BCUT2D eigenvalue weighted by Crippen LogP contribution is 2.42. The predicted octanol–water partition coefficient (Wildman–Crippen LogP) is 8.11. The van der Waals surface area contributed by atoms with Crippen LogP contribution in [-0.4, -0.2) is 55.4 Å². The van der Waals surface area contributed by atoms with Gasteiger partial charge in [-0.25, -0.2) is 9.59 Å². The summed E-state index contributed by atoms with van der Waals surface area (Å²) < 4.78 is 22.1. The molecule has 0 N–H and O–H groups in total. The van der Waals surface area contributed by atoms with Crippen molar-refractivity contribution in [1.29, 1.82) is 0 Å². The number of halogens is 1. The number of nitrogens with zero attached hydrogens (tertiary/aromatic N) is 4. The van der Waals surface area contributed by atoms with Gasteiger partial charge < -0.3 is 23.7 Å². The Hall–Kier alpha value is -3.60. The number of ether oxygens (including phenoxy) is 3. The van der Waals surface area contributed by atoms with E-state index < -0.39 is 17.4 Å². The number of fused-ring (bicyclic) bond motifs is 5. The topological polar surface area (TPSA) is 104 Å². The Bertz CT molecular complexity index is 1850. The van der Waals surface area contributed by atoms with Crippen LogP contribution in [0.1, 0.15) is 97.6 Å². The average molecular weight is 682 g/mol. The number of piperidine rings is 1. The Balaban J connectivity index is 1.52. The van der Waals surface area contributed by atoms with Crippen LogP contribution >= 0.6 is 15.9 Å². The molecule has 0 radical (unpaired) electrons. The number of hydrogen-bond donors (Lipinski definition) is 0. The Morgan fingerprint density at radius 2 is 1.56 bits per heavy atom. The van der Waals surface area contributed by atoms with E-state index in [-0.39, 0.29) is 23.6 Å². The number of benzene rings is 2. The highest BCUT2D eigenvalue weighted by molar-refractivity contribution is 9.10. The van der Waals surface area contributed by atoms with Gasteiger partial charge >= 0.3 is 12.2 Å². The second kappa shape index (κ2) is 11.6. The van der Waals surface area contributed by atoms with Crippen molar-refractivity contribution in [3.8, 4) is 5.75 Å². The summed E-state index contributed by atoms with van der Waals surface area (Å²) >= 11 is 3.56. The summed E-state index contributed by atoms with van der Waals surface area (Å²) in [7, 11) is 0. The first-order valence-electron chi connectivity index (χ1n) is 15.8. The highest BCUT2D eigenvalue weighted by atomic mass is 79.9. The van der Waals surface area contributed by atoms with E-state index in [2.05, 4.69) is 31.5 Å². The van der Waals surface area contributed by atoms with E-state index in [1.165, 1.54) is 0 Å². The molecule has 10 nitrogen and oxygen atoms in total. The van der Waals surface area contributed by atoms with Crippen LogP contribution in [0.15, 0.2) is 39.6 Å².